The number of nitrogens with one attached hydrogen (secondary N) is 2. The molecule has 0 radical (unpaired) electrons. The first-order chi connectivity index (χ1) is 23.0. The van der Waals surface area contributed by atoms with Crippen molar-refractivity contribution in [1.29, 1.82) is 0 Å². The molecular weight excluding hydrogens is 596 g/mol. The molecule has 2 aromatic heterocycles. The van der Waals surface area contributed by atoms with Gasteiger partial charge in [-0.3, -0.25) is 0 Å². The maximum absolute atomic E-state index is 6.16. The molecule has 0 bridgehead atoms. The number of fused-ring (bicyclic) bond motifs is 2. The van der Waals surface area contributed by atoms with Crippen molar-refractivity contribution in [3.63, 3.8) is 0 Å². The third-order valence-corrected chi connectivity index (χ3v) is 8.76. The number of H-pyrrole nitrogens is 2. The summed E-state index contributed by atoms with van der Waals surface area (Å²) in [5.74, 6) is 3.65. The summed E-state index contributed by atoms with van der Waals surface area (Å²) in [6.45, 7) is 11.9. The van der Waals surface area contributed by atoms with Crippen LogP contribution in [0.5, 0.6) is 11.5 Å². The molecule has 0 aliphatic heterocycles. The van der Waals surface area contributed by atoms with Crippen LogP contribution in [0.2, 0.25) is 0 Å². The molecule has 250 valence electrons. The largest absolute Gasteiger partial charge is 0.493 e. The van der Waals surface area contributed by atoms with E-state index in [9.17, 15) is 0 Å². The highest BCUT2D eigenvalue weighted by atomic mass is 16.5. The van der Waals surface area contributed by atoms with Gasteiger partial charge in [0.25, 0.3) is 0 Å². The van der Waals surface area contributed by atoms with Gasteiger partial charge in [-0.2, -0.15) is 0 Å². The Morgan fingerprint density at radius 2 is 0.896 bits per heavy atom. The van der Waals surface area contributed by atoms with Crippen molar-refractivity contribution < 1.29 is 9.47 Å². The molecule has 8 heteroatoms. The number of aryl methyl sites for hydroxylation is 4. The number of hydrogen-bond donors (Lipinski definition) is 2. The summed E-state index contributed by atoms with van der Waals surface area (Å²) < 4.78 is 12.3. The molecule has 2 N–H and O–H groups in total. The average molecular weight is 645 g/mol. The van der Waals surface area contributed by atoms with Gasteiger partial charge in [-0.1, -0.05) is 12.1 Å². The lowest BCUT2D eigenvalue weighted by molar-refractivity contribution is 0.279. The maximum atomic E-state index is 6.16. The predicted molar refractivity (Wildman–Crippen MR) is 198 cm³/mol. The number of rotatable bonds is 13. The number of nitrogens with zero attached hydrogens (tertiary/aromatic N) is 4. The van der Waals surface area contributed by atoms with E-state index < -0.39 is 0 Å². The van der Waals surface area contributed by atoms with Gasteiger partial charge in [-0.15, -0.1) is 0 Å². The van der Waals surface area contributed by atoms with Crippen LogP contribution >= 0.6 is 0 Å². The van der Waals surface area contributed by atoms with Crippen molar-refractivity contribution in [3.05, 3.63) is 82.9 Å². The van der Waals surface area contributed by atoms with Crippen molar-refractivity contribution in [2.45, 2.75) is 40.5 Å². The lowest BCUT2D eigenvalue weighted by Crippen LogP contribution is -2.15. The number of imidazole rings is 2. The van der Waals surface area contributed by atoms with Gasteiger partial charge < -0.3 is 29.2 Å². The van der Waals surface area contributed by atoms with Crippen LogP contribution in [-0.4, -0.2) is 84.2 Å². The minimum atomic E-state index is 0.706. The van der Waals surface area contributed by atoms with Crippen LogP contribution in [0.4, 0.5) is 0 Å². The van der Waals surface area contributed by atoms with E-state index in [1.165, 1.54) is 0 Å². The molecule has 0 aliphatic rings. The zero-order valence-corrected chi connectivity index (χ0v) is 29.6. The van der Waals surface area contributed by atoms with Crippen molar-refractivity contribution in [3.8, 4) is 45.4 Å². The Morgan fingerprint density at radius 1 is 0.521 bits per heavy atom. The summed E-state index contributed by atoms with van der Waals surface area (Å²) in [7, 11) is 8.34. The van der Waals surface area contributed by atoms with Crippen LogP contribution in [0.15, 0.2) is 60.7 Å². The molecule has 0 saturated heterocycles. The van der Waals surface area contributed by atoms with E-state index >= 15 is 0 Å². The normalized spacial score (nSPS) is 11.8. The quantitative estimate of drug-likeness (QED) is 0.123. The molecule has 0 spiro atoms. The third-order valence-electron chi connectivity index (χ3n) is 8.76. The first-order valence-corrected chi connectivity index (χ1v) is 16.8. The zero-order valence-electron chi connectivity index (χ0n) is 29.6. The summed E-state index contributed by atoms with van der Waals surface area (Å²) in [4.78, 5) is 21.4. The van der Waals surface area contributed by atoms with Crippen molar-refractivity contribution in [1.82, 2.24) is 29.7 Å². The SMILES string of the molecule is Cc1cc(-c2nc3ccc(-c4ccc5nc(-c6cc(C)c(OCCCN(C)C)c(C)c6)[nH]c5c4)cc3[nH]2)cc(C)c1OCCCN(C)C. The number of ether oxygens (including phenoxy) is 2. The number of aromatic amines is 2. The van der Waals surface area contributed by atoms with Crippen LogP contribution in [0.3, 0.4) is 0 Å². The van der Waals surface area contributed by atoms with Crippen molar-refractivity contribution in [2.75, 3.05) is 54.5 Å². The van der Waals surface area contributed by atoms with E-state index in [1.54, 1.807) is 0 Å². The Kier molecular flexibility index (Phi) is 9.85. The number of aromatic nitrogens is 4. The molecule has 0 aliphatic carbocycles. The Hall–Kier alpha value is -4.66. The van der Waals surface area contributed by atoms with Gasteiger partial charge in [0.05, 0.1) is 35.3 Å². The van der Waals surface area contributed by atoms with Crippen LogP contribution < -0.4 is 9.47 Å². The zero-order chi connectivity index (χ0) is 33.9. The average Bonchev–Trinajstić information content (AvgIpc) is 3.67. The second-order valence-electron chi connectivity index (χ2n) is 13.5. The molecule has 0 fully saturated rings. The molecule has 6 aromatic rings. The highest BCUT2D eigenvalue weighted by Gasteiger charge is 2.14. The second kappa shape index (κ2) is 14.2. The van der Waals surface area contributed by atoms with E-state index in [4.69, 9.17) is 19.4 Å². The third kappa shape index (κ3) is 7.40. The van der Waals surface area contributed by atoms with E-state index in [0.717, 1.165) is 116 Å². The van der Waals surface area contributed by atoms with Gasteiger partial charge in [0.1, 0.15) is 23.1 Å². The number of benzene rings is 4. The molecule has 0 saturated carbocycles. The molecule has 0 unspecified atom stereocenters. The van der Waals surface area contributed by atoms with Crippen molar-refractivity contribution in [2.24, 2.45) is 0 Å². The first kappa shape index (κ1) is 33.2. The molecule has 4 aromatic carbocycles. The lowest BCUT2D eigenvalue weighted by atomic mass is 10.0. The van der Waals surface area contributed by atoms with Gasteiger partial charge in [-0.05, 0) is 151 Å². The minimum absolute atomic E-state index is 0.706. The summed E-state index contributed by atoms with van der Waals surface area (Å²) in [6, 6.07) is 21.4. The topological polar surface area (TPSA) is 82.3 Å². The smallest absolute Gasteiger partial charge is 0.138 e. The first-order valence-electron chi connectivity index (χ1n) is 16.8. The van der Waals surface area contributed by atoms with Crippen LogP contribution in [0, 0.1) is 27.7 Å². The van der Waals surface area contributed by atoms with Crippen LogP contribution in [0.1, 0.15) is 35.1 Å². The molecule has 8 nitrogen and oxygen atoms in total. The molecule has 2 heterocycles. The maximum Gasteiger partial charge on any atom is 0.138 e. The summed E-state index contributed by atoms with van der Waals surface area (Å²) >= 11 is 0. The minimum Gasteiger partial charge on any atom is -0.493 e. The van der Waals surface area contributed by atoms with Gasteiger partial charge in [0.15, 0.2) is 0 Å². The Balaban J connectivity index is 1.20. The fourth-order valence-electron chi connectivity index (χ4n) is 6.39. The van der Waals surface area contributed by atoms with E-state index in [-0.39, 0.29) is 0 Å². The van der Waals surface area contributed by atoms with E-state index in [0.29, 0.717) is 13.2 Å². The van der Waals surface area contributed by atoms with Crippen LogP contribution in [0.25, 0.3) is 56.0 Å². The van der Waals surface area contributed by atoms with E-state index in [2.05, 4.69) is 136 Å². The Morgan fingerprint density at radius 3 is 1.25 bits per heavy atom. The summed E-state index contributed by atoms with van der Waals surface area (Å²) in [5, 5.41) is 0. The van der Waals surface area contributed by atoms with Gasteiger partial charge in [0, 0.05) is 24.2 Å². The number of hydrogen-bond acceptors (Lipinski definition) is 6. The molecule has 0 atom stereocenters. The molecule has 0 amide bonds. The predicted octanol–water partition coefficient (Wildman–Crippen LogP) is 8.33. The fourth-order valence-corrected chi connectivity index (χ4v) is 6.39. The highest BCUT2D eigenvalue weighted by Crippen LogP contribution is 2.33. The summed E-state index contributed by atoms with van der Waals surface area (Å²) in [6.07, 6.45) is 1.99. The molecular formula is C40H48N6O2. The van der Waals surface area contributed by atoms with Crippen LogP contribution in [-0.2, 0) is 0 Å². The van der Waals surface area contributed by atoms with Gasteiger partial charge in [0.2, 0.25) is 0 Å². The Labute approximate surface area is 284 Å². The monoisotopic (exact) mass is 644 g/mol. The standard InChI is InChI=1S/C40H48N6O2/c1-25-19-31(20-26(2)37(25)47-17-9-15-45(5)6)39-41-33-13-11-29(23-35(33)43-39)30-12-14-34-36(24-30)44-40(42-34)32-21-27(3)38(28(4)22-32)48-18-10-16-46(7)8/h11-14,19-24H,9-10,15-18H2,1-8H3,(H,41,43)(H,42,44). The second-order valence-corrected chi connectivity index (χ2v) is 13.5. The molecule has 48 heavy (non-hydrogen) atoms. The lowest BCUT2D eigenvalue weighted by Gasteiger charge is -2.15. The fraction of sp³-hybridized carbons (Fsp3) is 0.350. The van der Waals surface area contributed by atoms with Gasteiger partial charge >= 0.3 is 0 Å². The highest BCUT2D eigenvalue weighted by molar-refractivity contribution is 5.89. The van der Waals surface area contributed by atoms with Gasteiger partial charge in [-0.25, -0.2) is 9.97 Å². The Bertz CT molecular complexity index is 1860. The van der Waals surface area contributed by atoms with E-state index in [1.807, 2.05) is 0 Å². The summed E-state index contributed by atoms with van der Waals surface area (Å²) in [5.41, 5.74) is 12.7. The molecule has 6 rings (SSSR count). The van der Waals surface area contributed by atoms with Crippen molar-refractivity contribution >= 4 is 22.1 Å².